The smallest absolute Gasteiger partial charge is 0.229 e. The van der Waals surface area contributed by atoms with Crippen LogP contribution in [0, 0.1) is 17.8 Å². The van der Waals surface area contributed by atoms with Crippen molar-refractivity contribution in [3.05, 3.63) is 6.07 Å². The highest BCUT2D eigenvalue weighted by Gasteiger charge is 2.44. The van der Waals surface area contributed by atoms with Crippen LogP contribution in [0.25, 0.3) is 0 Å². The van der Waals surface area contributed by atoms with Gasteiger partial charge in [-0.1, -0.05) is 0 Å². The molecule has 4 atom stereocenters. The Labute approximate surface area is 179 Å². The minimum Gasteiger partial charge on any atom is -0.383 e. The third-order valence-corrected chi connectivity index (χ3v) is 7.33. The zero-order chi connectivity index (χ0) is 20.7. The Morgan fingerprint density at radius 3 is 2.53 bits per heavy atom. The van der Waals surface area contributed by atoms with Gasteiger partial charge < -0.3 is 29.9 Å². The van der Waals surface area contributed by atoms with Crippen molar-refractivity contribution in [2.75, 3.05) is 75.6 Å². The number of likely N-dealkylation sites (N-methyl/N-ethyl adjacent to an activating group) is 1. The van der Waals surface area contributed by atoms with E-state index >= 15 is 0 Å². The molecular weight excluding hydrogens is 380 g/mol. The number of nitrogens with zero attached hydrogens (tertiary/aromatic N) is 5. The molecular formula is C22H36N6O2. The molecule has 30 heavy (non-hydrogen) atoms. The van der Waals surface area contributed by atoms with Crippen molar-refractivity contribution in [3.63, 3.8) is 0 Å². The van der Waals surface area contributed by atoms with Crippen molar-refractivity contribution in [1.29, 1.82) is 0 Å². The maximum Gasteiger partial charge on any atom is 0.229 e. The van der Waals surface area contributed by atoms with Crippen LogP contribution < -0.4 is 15.5 Å². The Morgan fingerprint density at radius 1 is 1.10 bits per heavy atom. The number of fused-ring (bicyclic) bond motifs is 1. The van der Waals surface area contributed by atoms with Gasteiger partial charge in [0.25, 0.3) is 0 Å². The average molecular weight is 417 g/mol. The Bertz CT molecular complexity index is 736. The third kappa shape index (κ3) is 4.36. The second kappa shape index (κ2) is 8.48. The number of ether oxygens (including phenoxy) is 2. The van der Waals surface area contributed by atoms with E-state index < -0.39 is 0 Å². The number of rotatable bonds is 6. The molecule has 0 bridgehead atoms. The number of nitrogen functional groups attached to an aromatic ring is 1. The maximum absolute atomic E-state index is 6.42. The molecule has 2 N–H and O–H groups in total. The first-order valence-electron chi connectivity index (χ1n) is 11.6. The van der Waals surface area contributed by atoms with Crippen molar-refractivity contribution in [2.45, 2.75) is 37.8 Å². The van der Waals surface area contributed by atoms with E-state index in [0.717, 1.165) is 70.1 Å². The average Bonchev–Trinajstić information content (AvgIpc) is 3.48. The van der Waals surface area contributed by atoms with E-state index in [0.29, 0.717) is 29.8 Å². The zero-order valence-corrected chi connectivity index (χ0v) is 18.4. The van der Waals surface area contributed by atoms with E-state index in [1.807, 2.05) is 6.07 Å². The summed E-state index contributed by atoms with van der Waals surface area (Å²) in [7, 11) is 4.40. The van der Waals surface area contributed by atoms with Gasteiger partial charge in [-0.05, 0) is 57.5 Å². The summed E-state index contributed by atoms with van der Waals surface area (Å²) in [5, 5.41) is 0. The van der Waals surface area contributed by atoms with Crippen LogP contribution in [0.5, 0.6) is 0 Å². The lowest BCUT2D eigenvalue weighted by Gasteiger charge is -2.41. The lowest BCUT2D eigenvalue weighted by molar-refractivity contribution is -0.0493. The summed E-state index contributed by atoms with van der Waals surface area (Å²) in [5.74, 6) is 4.41. The molecule has 1 aromatic rings. The standard InChI is InChI=1S/C22H36N6O2/c1-26(2)18-9-16-12-28(13-17(16)10-19(18)30-14-15-3-4-15)21-11-20(23)24-22(25-21)27-5-7-29-8-6-27/h11,15-19H,3-10,12-14H2,1-2H3,(H2,23,24,25)/t16-,17+,18-,19-/m1/s1. The molecule has 4 fully saturated rings. The molecule has 0 spiro atoms. The fourth-order valence-electron chi connectivity index (χ4n) is 5.35. The van der Waals surface area contributed by atoms with Crippen LogP contribution in [0.1, 0.15) is 25.7 Å². The predicted molar refractivity (Wildman–Crippen MR) is 118 cm³/mol. The number of hydrogen-bond donors (Lipinski definition) is 1. The Balaban J connectivity index is 1.29. The van der Waals surface area contributed by atoms with E-state index in [1.54, 1.807) is 0 Å². The normalized spacial score (nSPS) is 32.0. The van der Waals surface area contributed by atoms with E-state index in [1.165, 1.54) is 19.3 Å². The van der Waals surface area contributed by atoms with E-state index in [4.69, 9.17) is 20.2 Å². The molecule has 1 aromatic heterocycles. The van der Waals surface area contributed by atoms with Crippen molar-refractivity contribution >= 4 is 17.6 Å². The number of nitrogens with two attached hydrogens (primary N) is 1. The molecule has 0 amide bonds. The quantitative estimate of drug-likeness (QED) is 0.747. The minimum atomic E-state index is 0.348. The van der Waals surface area contributed by atoms with Gasteiger partial charge >= 0.3 is 0 Å². The van der Waals surface area contributed by atoms with Crippen LogP contribution in [0.3, 0.4) is 0 Å². The Kier molecular flexibility index (Phi) is 5.73. The number of anilines is 3. The molecule has 8 heteroatoms. The molecule has 0 radical (unpaired) electrons. The van der Waals surface area contributed by atoms with Gasteiger partial charge in [0.1, 0.15) is 11.6 Å². The van der Waals surface area contributed by atoms with Crippen molar-refractivity contribution in [1.82, 2.24) is 14.9 Å². The van der Waals surface area contributed by atoms with Gasteiger partial charge in [0.15, 0.2) is 0 Å². The van der Waals surface area contributed by atoms with Gasteiger partial charge in [-0.2, -0.15) is 9.97 Å². The van der Waals surface area contributed by atoms with Gasteiger partial charge in [0.2, 0.25) is 5.95 Å². The number of morpholine rings is 1. The van der Waals surface area contributed by atoms with Crippen LogP contribution in [0.4, 0.5) is 17.6 Å². The second-order valence-corrected chi connectivity index (χ2v) is 9.79. The van der Waals surface area contributed by atoms with Crippen molar-refractivity contribution < 1.29 is 9.47 Å². The zero-order valence-electron chi connectivity index (χ0n) is 18.4. The first kappa shape index (κ1) is 20.3. The highest BCUT2D eigenvalue weighted by molar-refractivity contribution is 5.53. The largest absolute Gasteiger partial charge is 0.383 e. The fraction of sp³-hybridized carbons (Fsp3) is 0.818. The third-order valence-electron chi connectivity index (χ3n) is 7.33. The summed E-state index contributed by atoms with van der Waals surface area (Å²) in [6.45, 7) is 6.10. The summed E-state index contributed by atoms with van der Waals surface area (Å²) in [5.41, 5.74) is 6.18. The molecule has 2 aliphatic carbocycles. The number of aromatic nitrogens is 2. The van der Waals surface area contributed by atoms with Gasteiger partial charge in [0.05, 0.1) is 19.3 Å². The summed E-state index contributed by atoms with van der Waals surface area (Å²) >= 11 is 0. The molecule has 8 nitrogen and oxygen atoms in total. The molecule has 4 aliphatic rings. The van der Waals surface area contributed by atoms with Crippen LogP contribution in [0.15, 0.2) is 6.07 Å². The molecule has 2 aliphatic heterocycles. The predicted octanol–water partition coefficient (Wildman–Crippen LogP) is 1.47. The molecule has 0 aromatic carbocycles. The Hall–Kier alpha value is -1.64. The lowest BCUT2D eigenvalue weighted by atomic mass is 9.77. The van der Waals surface area contributed by atoms with E-state index in [9.17, 15) is 0 Å². The van der Waals surface area contributed by atoms with Crippen LogP contribution in [0.2, 0.25) is 0 Å². The van der Waals surface area contributed by atoms with Gasteiger partial charge in [-0.3, -0.25) is 0 Å². The number of hydrogen-bond acceptors (Lipinski definition) is 8. The lowest BCUT2D eigenvalue weighted by Crippen LogP contribution is -2.48. The molecule has 5 rings (SSSR count). The summed E-state index contributed by atoms with van der Waals surface area (Å²) in [6, 6.07) is 2.44. The summed E-state index contributed by atoms with van der Waals surface area (Å²) < 4.78 is 11.9. The van der Waals surface area contributed by atoms with E-state index in [2.05, 4.69) is 33.8 Å². The molecule has 3 heterocycles. The van der Waals surface area contributed by atoms with Crippen LogP contribution >= 0.6 is 0 Å². The minimum absolute atomic E-state index is 0.348. The first-order chi connectivity index (χ1) is 14.6. The molecule has 0 unspecified atom stereocenters. The van der Waals surface area contributed by atoms with Crippen molar-refractivity contribution in [3.8, 4) is 0 Å². The highest BCUT2D eigenvalue weighted by Crippen LogP contribution is 2.41. The van der Waals surface area contributed by atoms with Gasteiger partial charge in [-0.25, -0.2) is 0 Å². The SMILES string of the molecule is CN(C)[C@@H]1C[C@@H]2CN(c3cc(N)nc(N4CCOCC4)n3)C[C@@H]2C[C@H]1OCC1CC1. The molecule has 166 valence electrons. The van der Waals surface area contributed by atoms with Crippen LogP contribution in [-0.4, -0.2) is 87.1 Å². The van der Waals surface area contributed by atoms with Crippen molar-refractivity contribution in [2.24, 2.45) is 17.8 Å². The van der Waals surface area contributed by atoms with E-state index in [-0.39, 0.29) is 0 Å². The highest BCUT2D eigenvalue weighted by atomic mass is 16.5. The topological polar surface area (TPSA) is 80.0 Å². The summed E-state index contributed by atoms with van der Waals surface area (Å²) in [4.78, 5) is 16.4. The van der Waals surface area contributed by atoms with Gasteiger partial charge in [0, 0.05) is 44.9 Å². The monoisotopic (exact) mass is 416 g/mol. The Morgan fingerprint density at radius 2 is 1.83 bits per heavy atom. The van der Waals surface area contributed by atoms with Crippen LogP contribution in [-0.2, 0) is 9.47 Å². The van der Waals surface area contributed by atoms with Gasteiger partial charge in [-0.15, -0.1) is 0 Å². The summed E-state index contributed by atoms with van der Waals surface area (Å²) in [6.07, 6.45) is 5.38. The maximum atomic E-state index is 6.42. The second-order valence-electron chi connectivity index (χ2n) is 9.79. The molecule has 2 saturated heterocycles. The molecule has 2 saturated carbocycles. The first-order valence-corrected chi connectivity index (χ1v) is 11.6. The fourth-order valence-corrected chi connectivity index (χ4v) is 5.35.